The van der Waals surface area contributed by atoms with Crippen molar-refractivity contribution in [2.24, 2.45) is 0 Å². The fourth-order valence-corrected chi connectivity index (χ4v) is 0.402. The summed E-state index contributed by atoms with van der Waals surface area (Å²) in [5.74, 6) is 0. The minimum absolute atomic E-state index is 2.19. The van der Waals surface area contributed by atoms with Crippen molar-refractivity contribution in [3.63, 3.8) is 0 Å². The molecule has 0 bridgehead atoms. The number of alkyl halides is 2. The van der Waals surface area contributed by atoms with E-state index >= 15 is 0 Å². The molecule has 0 heterocycles. The fraction of sp³-hybridized carbons (Fsp3) is 1.00. The molecule has 0 saturated heterocycles. The highest BCUT2D eigenvalue weighted by atomic mass is 79.9. The van der Waals surface area contributed by atoms with Gasteiger partial charge in [0.05, 0.1) is 0 Å². The number of hydrogen-bond acceptors (Lipinski definition) is 0. The first kappa shape index (κ1) is 1.71. The first-order valence-corrected chi connectivity index (χ1v) is 3.96. The van der Waals surface area contributed by atoms with E-state index in [4.69, 9.17) is 24.7 Å². The van der Waals surface area contributed by atoms with Crippen molar-refractivity contribution in [2.45, 2.75) is 44.6 Å². The zero-order valence-electron chi connectivity index (χ0n) is 23.3. The Kier molecular flexibility index (Phi) is 1.71. The van der Waals surface area contributed by atoms with Crippen molar-refractivity contribution < 1.29 is 24.7 Å². The third kappa shape index (κ3) is 11.0. The van der Waals surface area contributed by atoms with Gasteiger partial charge in [0.25, 0.3) is 0 Å². The number of rotatable bonds is 8. The molecular weight excluding hydrogens is 268 g/mol. The molecule has 0 aromatic rings. The van der Waals surface area contributed by atoms with Crippen LogP contribution in [0.3, 0.4) is 0 Å². The summed E-state index contributed by atoms with van der Waals surface area (Å²) in [6, 6.07) is 0. The molecule has 68 valence electrons. The molecule has 0 aliphatic heterocycles. The van der Waals surface area contributed by atoms with E-state index in [1.807, 2.05) is 0 Å². The maximum Gasteiger partial charge on any atom is 0.0387 e. The normalized spacial score (nSPS) is 46.4. The lowest BCUT2D eigenvalue weighted by atomic mass is 10.1. The second kappa shape index (κ2) is 11.0. The van der Waals surface area contributed by atoms with Gasteiger partial charge in [0, 0.05) is 35.2 Å². The first-order chi connectivity index (χ1) is 12.0. The smallest absolute Gasteiger partial charge is 0.0387 e. The van der Waals surface area contributed by atoms with Crippen LogP contribution in [-0.4, -0.2) is 10.6 Å². The summed E-state index contributed by atoms with van der Waals surface area (Å²) in [7, 11) is 0. The molecule has 0 rings (SSSR count). The third-order valence-electron chi connectivity index (χ3n) is 0.469. The van der Waals surface area contributed by atoms with Gasteiger partial charge in [-0.3, -0.25) is 0 Å². The predicted molar refractivity (Wildman–Crippen MR) is 59.9 cm³/mol. The summed E-state index contributed by atoms with van der Waals surface area (Å²) in [5.41, 5.74) is 0. The van der Waals surface area contributed by atoms with Crippen LogP contribution in [-0.2, 0) is 0 Å². The number of halogens is 2. The van der Waals surface area contributed by atoms with E-state index in [1.54, 1.807) is 0 Å². The van der Waals surface area contributed by atoms with E-state index in [0.717, 1.165) is 0 Å². The van der Waals surface area contributed by atoms with Gasteiger partial charge in [-0.2, -0.15) is 0 Å². The molecule has 0 saturated carbocycles. The first-order valence-electron chi connectivity index (χ1n) is 11.4. The molecule has 2 heteroatoms. The van der Waals surface area contributed by atoms with Gasteiger partial charge in [-0.15, -0.1) is 0 Å². The molecule has 0 spiro atoms. The fourth-order valence-electron chi connectivity index (χ4n) is 0.203. The van der Waals surface area contributed by atoms with Crippen LogP contribution in [0.5, 0.6) is 0 Å². The van der Waals surface area contributed by atoms with Gasteiger partial charge in [0.15, 0.2) is 0 Å². The second-order valence-corrected chi connectivity index (χ2v) is 1.86. The minimum atomic E-state index is -4.33. The Morgan fingerprint density at radius 3 is 1.18 bits per heavy atom. The van der Waals surface area contributed by atoms with Gasteiger partial charge in [0.1, 0.15) is 0 Å². The average molecular weight is 304 g/mol. The van der Waals surface area contributed by atoms with Gasteiger partial charge < -0.3 is 0 Å². The monoisotopic (exact) mass is 302 g/mol. The van der Waals surface area contributed by atoms with Gasteiger partial charge in [-0.25, -0.2) is 0 Å². The van der Waals surface area contributed by atoms with E-state index < -0.39 is 55.2 Å². The van der Waals surface area contributed by atoms with Crippen molar-refractivity contribution in [3.8, 4) is 0 Å². The largest absolute Gasteiger partial charge is 0.0928 e. The molecule has 0 radical (unpaired) electrons. The van der Waals surface area contributed by atoms with Crippen LogP contribution in [0.15, 0.2) is 0 Å². The molecule has 0 nitrogen and oxygen atoms in total. The maximum absolute atomic E-state index is 7.84. The van der Waals surface area contributed by atoms with Crippen molar-refractivity contribution in [3.05, 3.63) is 0 Å². The summed E-state index contributed by atoms with van der Waals surface area (Å²) >= 11 is 4.38. The third-order valence-corrected chi connectivity index (χ3v) is 0.866. The maximum atomic E-state index is 7.84. The van der Waals surface area contributed by atoms with Crippen LogP contribution in [0.2, 0.25) is 0 Å². The minimum Gasteiger partial charge on any atom is -0.0928 e. The lowest BCUT2D eigenvalue weighted by Crippen LogP contribution is -1.81. The highest BCUT2D eigenvalue weighted by molar-refractivity contribution is 9.09. The van der Waals surface area contributed by atoms with Crippen LogP contribution >= 0.6 is 31.9 Å². The molecule has 0 unspecified atom stereocenters. The van der Waals surface area contributed by atoms with Gasteiger partial charge in [0.2, 0.25) is 0 Å². The topological polar surface area (TPSA) is 0 Å². The van der Waals surface area contributed by atoms with Crippen LogP contribution in [0.4, 0.5) is 0 Å². The molecule has 0 amide bonds. The van der Waals surface area contributed by atoms with Crippen LogP contribution in [0.1, 0.15) is 69.3 Å². The summed E-state index contributed by atoms with van der Waals surface area (Å²) in [6.45, 7) is 0. The molecule has 0 atom stereocenters. The Morgan fingerprint density at radius 2 is 0.909 bits per heavy atom. The van der Waals surface area contributed by atoms with Gasteiger partial charge >= 0.3 is 0 Å². The Bertz CT molecular complexity index is 558. The summed E-state index contributed by atoms with van der Waals surface area (Å²) in [6.07, 6.45) is -28.8. The Hall–Kier alpha value is 0.960. The highest BCUT2D eigenvalue weighted by Gasteiger charge is 1.89. The Balaban J connectivity index is 6.82. The van der Waals surface area contributed by atoms with Gasteiger partial charge in [-0.1, -0.05) is 63.7 Å². The molecule has 0 fully saturated rings. The van der Waals surface area contributed by atoms with Crippen molar-refractivity contribution in [1.82, 2.24) is 0 Å². The molecular formula is C9H18Br2. The van der Waals surface area contributed by atoms with E-state index in [9.17, 15) is 0 Å². The van der Waals surface area contributed by atoms with Crippen LogP contribution in [0, 0.1) is 0 Å². The standard InChI is InChI=1S/C9H18Br2/c10-8-6-4-2-1-3-5-7-9-11/h1-9H2/i1D2,2D2,3D2,4D2,5D2,6D2,7D2,8D2,9D2. The van der Waals surface area contributed by atoms with Gasteiger partial charge in [-0.05, 0) is 12.7 Å². The molecule has 11 heavy (non-hydrogen) atoms. The quantitative estimate of drug-likeness (QED) is 0.579. The molecule has 0 N–H and O–H groups in total. The molecule has 0 aromatic heterocycles. The van der Waals surface area contributed by atoms with Crippen molar-refractivity contribution in [1.29, 1.82) is 0 Å². The van der Waals surface area contributed by atoms with E-state index in [0.29, 0.717) is 0 Å². The zero-order chi connectivity index (χ0) is 24.5. The zero-order valence-corrected chi connectivity index (χ0v) is 8.43. The Labute approximate surface area is 113 Å². The molecule has 0 aromatic carbocycles. The summed E-state index contributed by atoms with van der Waals surface area (Å²) in [5, 5.41) is -6.53. The SMILES string of the molecule is [2H]C([2H])(Br)C([2H])([2H])C([2H])([2H])C([2H])([2H])C([2H])([2H])C([2H])([2H])C([2H])([2H])C([2H])([2H])C([2H])([2H])Br. The number of hydrogen-bond donors (Lipinski definition) is 0. The Morgan fingerprint density at radius 1 is 0.636 bits per heavy atom. The molecule has 0 aliphatic rings. The summed E-state index contributed by atoms with van der Waals surface area (Å²) in [4.78, 5) is 0. The molecule has 0 aliphatic carbocycles. The summed E-state index contributed by atoms with van der Waals surface area (Å²) < 4.78 is 138. The average Bonchev–Trinajstić information content (AvgIpc) is 2.43. The predicted octanol–water partition coefficient (Wildman–Crippen LogP) is 4.51. The second-order valence-electron chi connectivity index (χ2n) is 1.06. The highest BCUT2D eigenvalue weighted by Crippen LogP contribution is 2.08. The van der Waals surface area contributed by atoms with Crippen molar-refractivity contribution >= 4 is 31.9 Å². The van der Waals surface area contributed by atoms with Crippen LogP contribution < -0.4 is 0 Å². The van der Waals surface area contributed by atoms with Crippen molar-refractivity contribution in [2.75, 3.05) is 10.6 Å². The van der Waals surface area contributed by atoms with Crippen LogP contribution in [0.25, 0.3) is 0 Å². The van der Waals surface area contributed by atoms with E-state index in [2.05, 4.69) is 31.9 Å². The van der Waals surface area contributed by atoms with E-state index in [1.165, 1.54) is 0 Å². The lowest BCUT2D eigenvalue weighted by molar-refractivity contribution is 0.606. The van der Waals surface area contributed by atoms with E-state index in [-0.39, 0.29) is 0 Å². The lowest BCUT2D eigenvalue weighted by Gasteiger charge is -1.98.